The van der Waals surface area contributed by atoms with Gasteiger partial charge in [-0.3, -0.25) is 14.8 Å². The molecule has 0 unspecified atom stereocenters. The number of fused-ring (bicyclic) bond motifs is 1. The van der Waals surface area contributed by atoms with Crippen molar-refractivity contribution in [2.45, 2.75) is 32.0 Å². The standard InChI is InChI=1S/C20H17F3N4O2/c21-20(22,23)14-3-1-13(2-4-14)19-16-12-27(10-7-17(16)29-26-19)18(28)6-5-15-11-24-8-9-25-15/h1-4,8-9,11H,5-7,10,12H2. The first-order valence-corrected chi connectivity index (χ1v) is 9.09. The van der Waals surface area contributed by atoms with E-state index in [2.05, 4.69) is 15.1 Å². The fourth-order valence-electron chi connectivity index (χ4n) is 3.32. The minimum absolute atomic E-state index is 0.0270. The number of carbonyl (C=O) groups excluding carboxylic acids is 1. The lowest BCUT2D eigenvalue weighted by atomic mass is 10.00. The van der Waals surface area contributed by atoms with E-state index in [9.17, 15) is 18.0 Å². The van der Waals surface area contributed by atoms with Gasteiger partial charge in [0.1, 0.15) is 11.5 Å². The largest absolute Gasteiger partial charge is 0.416 e. The molecule has 1 amide bonds. The molecule has 0 N–H and O–H groups in total. The predicted molar refractivity (Wildman–Crippen MR) is 96.4 cm³/mol. The summed E-state index contributed by atoms with van der Waals surface area (Å²) in [5, 5.41) is 4.03. The summed E-state index contributed by atoms with van der Waals surface area (Å²) in [6, 6.07) is 4.78. The second kappa shape index (κ2) is 7.65. The van der Waals surface area contributed by atoms with E-state index in [0.717, 1.165) is 23.4 Å². The van der Waals surface area contributed by atoms with Crippen molar-refractivity contribution in [3.05, 3.63) is 65.4 Å². The van der Waals surface area contributed by atoms with Crippen LogP contribution in [-0.4, -0.2) is 32.5 Å². The smallest absolute Gasteiger partial charge is 0.360 e. The van der Waals surface area contributed by atoms with E-state index in [1.807, 2.05) is 0 Å². The van der Waals surface area contributed by atoms with Crippen LogP contribution in [0.2, 0.25) is 0 Å². The molecule has 0 aliphatic carbocycles. The van der Waals surface area contributed by atoms with Crippen LogP contribution in [-0.2, 0) is 30.4 Å². The van der Waals surface area contributed by atoms with Crippen LogP contribution in [0.25, 0.3) is 11.3 Å². The number of nitrogens with zero attached hydrogens (tertiary/aromatic N) is 4. The minimum Gasteiger partial charge on any atom is -0.360 e. The molecule has 3 heterocycles. The van der Waals surface area contributed by atoms with Gasteiger partial charge in [-0.2, -0.15) is 13.2 Å². The average Bonchev–Trinajstić information content (AvgIpc) is 3.15. The molecule has 0 radical (unpaired) electrons. The number of hydrogen-bond acceptors (Lipinski definition) is 5. The van der Waals surface area contributed by atoms with Gasteiger partial charge in [0.2, 0.25) is 5.91 Å². The van der Waals surface area contributed by atoms with Crippen LogP contribution in [0.1, 0.15) is 29.0 Å². The fourth-order valence-corrected chi connectivity index (χ4v) is 3.32. The number of aryl methyl sites for hydroxylation is 1. The summed E-state index contributed by atoms with van der Waals surface area (Å²) in [4.78, 5) is 22.5. The number of alkyl halides is 3. The number of amides is 1. The van der Waals surface area contributed by atoms with Crippen LogP contribution < -0.4 is 0 Å². The number of benzene rings is 1. The predicted octanol–water partition coefficient (Wildman–Crippen LogP) is 3.67. The molecule has 0 atom stereocenters. The number of carbonyl (C=O) groups is 1. The van der Waals surface area contributed by atoms with Crippen LogP contribution in [0.15, 0.2) is 47.4 Å². The molecule has 9 heteroatoms. The van der Waals surface area contributed by atoms with Crippen molar-refractivity contribution in [3.8, 4) is 11.3 Å². The summed E-state index contributed by atoms with van der Waals surface area (Å²) in [6.07, 6.45) is 1.70. The average molecular weight is 402 g/mol. The van der Waals surface area contributed by atoms with Crippen LogP contribution >= 0.6 is 0 Å². The Labute approximate surface area is 164 Å². The van der Waals surface area contributed by atoms with Crippen LogP contribution in [0, 0.1) is 0 Å². The van der Waals surface area contributed by atoms with Gasteiger partial charge in [-0.05, 0) is 18.6 Å². The first kappa shape index (κ1) is 19.1. The van der Waals surface area contributed by atoms with Gasteiger partial charge in [-0.1, -0.05) is 17.3 Å². The molecule has 2 aromatic heterocycles. The first-order valence-electron chi connectivity index (χ1n) is 9.09. The third-order valence-corrected chi connectivity index (χ3v) is 4.88. The van der Waals surface area contributed by atoms with Gasteiger partial charge in [-0.15, -0.1) is 0 Å². The maximum atomic E-state index is 12.8. The molecule has 1 aromatic carbocycles. The van der Waals surface area contributed by atoms with Gasteiger partial charge < -0.3 is 9.42 Å². The van der Waals surface area contributed by atoms with Crippen molar-refractivity contribution in [2.24, 2.45) is 0 Å². The van der Waals surface area contributed by atoms with Gasteiger partial charge in [-0.25, -0.2) is 0 Å². The zero-order valence-electron chi connectivity index (χ0n) is 15.3. The first-order chi connectivity index (χ1) is 13.9. The lowest BCUT2D eigenvalue weighted by Crippen LogP contribution is -2.35. The maximum absolute atomic E-state index is 12.8. The Balaban J connectivity index is 1.48. The van der Waals surface area contributed by atoms with Crippen molar-refractivity contribution >= 4 is 5.91 Å². The van der Waals surface area contributed by atoms with Crippen LogP contribution in [0.5, 0.6) is 0 Å². The van der Waals surface area contributed by atoms with Gasteiger partial charge in [0.15, 0.2) is 0 Å². The normalized spacial score (nSPS) is 14.0. The summed E-state index contributed by atoms with van der Waals surface area (Å²) in [5.74, 6) is 0.638. The topological polar surface area (TPSA) is 72.1 Å². The molecule has 1 aliphatic rings. The second-order valence-corrected chi connectivity index (χ2v) is 6.77. The van der Waals surface area contributed by atoms with Crippen LogP contribution in [0.3, 0.4) is 0 Å². The zero-order chi connectivity index (χ0) is 20.4. The molecule has 1 aliphatic heterocycles. The summed E-state index contributed by atoms with van der Waals surface area (Å²) >= 11 is 0. The van der Waals surface area contributed by atoms with Crippen molar-refractivity contribution in [1.29, 1.82) is 0 Å². The Bertz CT molecular complexity index is 1000. The van der Waals surface area contributed by atoms with E-state index >= 15 is 0 Å². The lowest BCUT2D eigenvalue weighted by molar-refractivity contribution is -0.137. The fraction of sp³-hybridized carbons (Fsp3) is 0.300. The molecule has 3 aromatic rings. The number of halogens is 3. The van der Waals surface area contributed by atoms with Crippen molar-refractivity contribution in [2.75, 3.05) is 6.54 Å². The second-order valence-electron chi connectivity index (χ2n) is 6.77. The highest BCUT2D eigenvalue weighted by Crippen LogP contribution is 2.33. The summed E-state index contributed by atoms with van der Waals surface area (Å²) in [6.45, 7) is 0.822. The molecular formula is C20H17F3N4O2. The zero-order valence-corrected chi connectivity index (χ0v) is 15.3. The quantitative estimate of drug-likeness (QED) is 0.666. The van der Waals surface area contributed by atoms with Gasteiger partial charge >= 0.3 is 6.18 Å². The van der Waals surface area contributed by atoms with E-state index in [1.165, 1.54) is 12.1 Å². The molecule has 0 spiro atoms. The SMILES string of the molecule is O=C(CCc1cnccn1)N1CCc2onc(-c3ccc(C(F)(F)F)cc3)c2C1. The summed E-state index contributed by atoms with van der Waals surface area (Å²) in [5.41, 5.74) is 1.76. The molecule has 0 saturated carbocycles. The van der Waals surface area contributed by atoms with Gasteiger partial charge in [0.25, 0.3) is 0 Å². The minimum atomic E-state index is -4.39. The summed E-state index contributed by atoms with van der Waals surface area (Å²) < 4.78 is 43.7. The summed E-state index contributed by atoms with van der Waals surface area (Å²) in [7, 11) is 0. The molecule has 0 fully saturated rings. The lowest BCUT2D eigenvalue weighted by Gasteiger charge is -2.26. The van der Waals surface area contributed by atoms with Crippen molar-refractivity contribution in [3.63, 3.8) is 0 Å². The Hall–Kier alpha value is -3.23. The number of hydrogen-bond donors (Lipinski definition) is 0. The van der Waals surface area contributed by atoms with Crippen molar-refractivity contribution in [1.82, 2.24) is 20.0 Å². The van der Waals surface area contributed by atoms with E-state index in [1.54, 1.807) is 23.5 Å². The van der Waals surface area contributed by atoms with E-state index in [-0.39, 0.29) is 5.91 Å². The van der Waals surface area contributed by atoms with E-state index in [0.29, 0.717) is 49.4 Å². The molecule has 150 valence electrons. The third-order valence-electron chi connectivity index (χ3n) is 4.88. The Morgan fingerprint density at radius 1 is 1.17 bits per heavy atom. The highest BCUT2D eigenvalue weighted by molar-refractivity contribution is 5.77. The van der Waals surface area contributed by atoms with Crippen molar-refractivity contribution < 1.29 is 22.5 Å². The molecule has 0 saturated heterocycles. The third kappa shape index (κ3) is 4.13. The van der Waals surface area contributed by atoms with E-state index in [4.69, 9.17) is 4.52 Å². The van der Waals surface area contributed by atoms with Crippen LogP contribution in [0.4, 0.5) is 13.2 Å². The van der Waals surface area contributed by atoms with Gasteiger partial charge in [0.05, 0.1) is 17.8 Å². The molecule has 4 rings (SSSR count). The van der Waals surface area contributed by atoms with E-state index < -0.39 is 11.7 Å². The van der Waals surface area contributed by atoms with Gasteiger partial charge in [0, 0.05) is 49.1 Å². The Morgan fingerprint density at radius 2 is 1.97 bits per heavy atom. The molecule has 6 nitrogen and oxygen atoms in total. The number of rotatable bonds is 4. The number of aromatic nitrogens is 3. The monoisotopic (exact) mass is 402 g/mol. The highest BCUT2D eigenvalue weighted by atomic mass is 19.4. The Morgan fingerprint density at radius 3 is 2.66 bits per heavy atom. The Kier molecular flexibility index (Phi) is 5.04. The molecular weight excluding hydrogens is 385 g/mol. The molecule has 29 heavy (non-hydrogen) atoms. The maximum Gasteiger partial charge on any atom is 0.416 e. The highest BCUT2D eigenvalue weighted by Gasteiger charge is 2.31. The molecule has 0 bridgehead atoms.